The summed E-state index contributed by atoms with van der Waals surface area (Å²) in [6, 6.07) is 14.7. The van der Waals surface area contributed by atoms with E-state index in [-0.39, 0.29) is 5.78 Å². The summed E-state index contributed by atoms with van der Waals surface area (Å²) in [6.07, 6.45) is 0. The fraction of sp³-hybridized carbons (Fsp3) is 0.278. The van der Waals surface area contributed by atoms with Crippen molar-refractivity contribution in [3.05, 3.63) is 59.1 Å². The summed E-state index contributed by atoms with van der Waals surface area (Å²) in [5, 5.41) is 0.674. The highest BCUT2D eigenvalue weighted by Crippen LogP contribution is 2.19. The van der Waals surface area contributed by atoms with E-state index in [1.165, 1.54) is 0 Å². The maximum Gasteiger partial charge on any atom is 0.163 e. The van der Waals surface area contributed by atoms with Gasteiger partial charge in [0.1, 0.15) is 11.5 Å². The molecule has 2 rings (SSSR count). The first-order valence-electron chi connectivity index (χ1n) is 7.35. The quantitative estimate of drug-likeness (QED) is 0.483. The van der Waals surface area contributed by atoms with Gasteiger partial charge in [-0.05, 0) is 37.3 Å². The zero-order valence-electron chi connectivity index (χ0n) is 13.0. The van der Waals surface area contributed by atoms with Crippen molar-refractivity contribution in [2.75, 3.05) is 24.7 Å². The minimum atomic E-state index is 0.0168. The highest BCUT2D eigenvalue weighted by atomic mass is 35.5. The van der Waals surface area contributed by atoms with E-state index < -0.39 is 0 Å². The molecule has 0 atom stereocenters. The van der Waals surface area contributed by atoms with Crippen LogP contribution in [-0.2, 0) is 0 Å². The molecule has 0 unspecified atom stereocenters. The van der Waals surface area contributed by atoms with E-state index in [1.807, 2.05) is 36.4 Å². The number of ketones is 1. The number of rotatable bonds is 9. The third-order valence-corrected chi connectivity index (χ3v) is 4.19. The predicted molar refractivity (Wildman–Crippen MR) is 96.2 cm³/mol. The summed E-state index contributed by atoms with van der Waals surface area (Å²) < 4.78 is 11.3. The molecule has 2 aromatic carbocycles. The zero-order valence-corrected chi connectivity index (χ0v) is 14.5. The molecule has 0 amide bonds. The maximum atomic E-state index is 11.5. The van der Waals surface area contributed by atoms with Gasteiger partial charge in [-0.25, -0.2) is 0 Å². The van der Waals surface area contributed by atoms with Gasteiger partial charge in [0.15, 0.2) is 5.78 Å². The Morgan fingerprint density at radius 2 is 1.78 bits per heavy atom. The smallest absolute Gasteiger partial charge is 0.163 e. The molecule has 0 radical (unpaired) electrons. The van der Waals surface area contributed by atoms with Gasteiger partial charge in [0.25, 0.3) is 0 Å². The molecule has 0 aliphatic carbocycles. The summed E-state index contributed by atoms with van der Waals surface area (Å²) in [7, 11) is 0. The Morgan fingerprint density at radius 3 is 2.52 bits per heavy atom. The Kier molecular flexibility index (Phi) is 7.30. The van der Waals surface area contributed by atoms with E-state index in [2.05, 4.69) is 0 Å². The summed E-state index contributed by atoms with van der Waals surface area (Å²) >= 11 is 7.64. The molecule has 0 aromatic heterocycles. The third kappa shape index (κ3) is 6.16. The molecule has 0 aliphatic rings. The van der Waals surface area contributed by atoms with Crippen LogP contribution in [0.4, 0.5) is 0 Å². The summed E-state index contributed by atoms with van der Waals surface area (Å²) in [6.45, 7) is 2.73. The summed E-state index contributed by atoms with van der Waals surface area (Å²) in [5.74, 6) is 3.15. The van der Waals surface area contributed by atoms with Crippen LogP contribution in [0.15, 0.2) is 48.5 Å². The monoisotopic (exact) mass is 350 g/mol. The van der Waals surface area contributed by atoms with Crippen molar-refractivity contribution in [3.8, 4) is 11.5 Å². The van der Waals surface area contributed by atoms with Gasteiger partial charge in [-0.15, -0.1) is 0 Å². The fourth-order valence-electron chi connectivity index (χ4n) is 1.97. The molecule has 2 aromatic rings. The standard InChI is InChI=1S/C18H19ClO3S/c1-14(20)17-7-2-3-8-18(17)22-10-12-23-11-9-21-16-6-4-5-15(19)13-16/h2-8,13H,9-12H2,1H3. The molecule has 0 saturated carbocycles. The van der Waals surface area contributed by atoms with E-state index in [9.17, 15) is 4.79 Å². The lowest BCUT2D eigenvalue weighted by Gasteiger charge is -2.10. The Bertz CT molecular complexity index is 646. The van der Waals surface area contributed by atoms with Gasteiger partial charge in [0.05, 0.1) is 18.8 Å². The number of hydrogen-bond acceptors (Lipinski definition) is 4. The van der Waals surface area contributed by atoms with Gasteiger partial charge in [0, 0.05) is 16.5 Å². The molecular weight excluding hydrogens is 332 g/mol. The van der Waals surface area contributed by atoms with Gasteiger partial charge < -0.3 is 9.47 Å². The minimum absolute atomic E-state index is 0.0168. The highest BCUT2D eigenvalue weighted by molar-refractivity contribution is 7.99. The van der Waals surface area contributed by atoms with Gasteiger partial charge in [-0.3, -0.25) is 4.79 Å². The highest BCUT2D eigenvalue weighted by Gasteiger charge is 2.06. The van der Waals surface area contributed by atoms with Crippen molar-refractivity contribution in [2.24, 2.45) is 0 Å². The number of thioether (sulfide) groups is 1. The van der Waals surface area contributed by atoms with Crippen LogP contribution >= 0.6 is 23.4 Å². The van der Waals surface area contributed by atoms with Gasteiger partial charge >= 0.3 is 0 Å². The molecule has 23 heavy (non-hydrogen) atoms. The van der Waals surface area contributed by atoms with Crippen molar-refractivity contribution in [3.63, 3.8) is 0 Å². The second kappa shape index (κ2) is 9.48. The van der Waals surface area contributed by atoms with Crippen LogP contribution in [0.2, 0.25) is 5.02 Å². The Morgan fingerprint density at radius 1 is 1.04 bits per heavy atom. The SMILES string of the molecule is CC(=O)c1ccccc1OCCSCCOc1cccc(Cl)c1. The lowest BCUT2D eigenvalue weighted by atomic mass is 10.1. The lowest BCUT2D eigenvalue weighted by Crippen LogP contribution is -2.06. The van der Waals surface area contributed by atoms with E-state index in [4.69, 9.17) is 21.1 Å². The number of Topliss-reactive ketones (excluding diaryl/α,β-unsaturated/α-hetero) is 1. The van der Waals surface area contributed by atoms with Crippen LogP contribution in [0.1, 0.15) is 17.3 Å². The van der Waals surface area contributed by atoms with Crippen LogP contribution in [0.25, 0.3) is 0 Å². The lowest BCUT2D eigenvalue weighted by molar-refractivity contribution is 0.101. The number of hydrogen-bond donors (Lipinski definition) is 0. The second-order valence-electron chi connectivity index (χ2n) is 4.82. The average molecular weight is 351 g/mol. The molecule has 0 aliphatic heterocycles. The van der Waals surface area contributed by atoms with Crippen molar-refractivity contribution in [2.45, 2.75) is 6.92 Å². The Hall–Kier alpha value is -1.65. The molecule has 0 fully saturated rings. The van der Waals surface area contributed by atoms with Crippen molar-refractivity contribution < 1.29 is 14.3 Å². The summed E-state index contributed by atoms with van der Waals surface area (Å²) in [4.78, 5) is 11.5. The van der Waals surface area contributed by atoms with Crippen molar-refractivity contribution in [1.82, 2.24) is 0 Å². The fourth-order valence-corrected chi connectivity index (χ4v) is 2.76. The Labute approximate surface area is 145 Å². The van der Waals surface area contributed by atoms with E-state index in [0.717, 1.165) is 17.3 Å². The number of benzene rings is 2. The molecular formula is C18H19ClO3S. The Balaban J connectivity index is 1.62. The average Bonchev–Trinajstić information content (AvgIpc) is 2.54. The van der Waals surface area contributed by atoms with Crippen LogP contribution < -0.4 is 9.47 Å². The number of halogens is 1. The van der Waals surface area contributed by atoms with E-state index in [0.29, 0.717) is 29.5 Å². The molecule has 0 saturated heterocycles. The largest absolute Gasteiger partial charge is 0.493 e. The van der Waals surface area contributed by atoms with Crippen molar-refractivity contribution in [1.29, 1.82) is 0 Å². The molecule has 0 spiro atoms. The van der Waals surface area contributed by atoms with Crippen LogP contribution in [0, 0.1) is 0 Å². The second-order valence-corrected chi connectivity index (χ2v) is 6.48. The van der Waals surface area contributed by atoms with Gasteiger partial charge in [-0.2, -0.15) is 11.8 Å². The number of carbonyl (C=O) groups is 1. The first-order valence-corrected chi connectivity index (χ1v) is 8.89. The van der Waals surface area contributed by atoms with E-state index >= 15 is 0 Å². The molecule has 0 bridgehead atoms. The molecule has 5 heteroatoms. The van der Waals surface area contributed by atoms with Gasteiger partial charge in [-0.1, -0.05) is 29.8 Å². The normalized spacial score (nSPS) is 10.3. The van der Waals surface area contributed by atoms with Gasteiger partial charge in [0.2, 0.25) is 0 Å². The third-order valence-electron chi connectivity index (χ3n) is 3.04. The van der Waals surface area contributed by atoms with Crippen LogP contribution in [-0.4, -0.2) is 30.5 Å². The van der Waals surface area contributed by atoms with Crippen molar-refractivity contribution >= 4 is 29.1 Å². The number of carbonyl (C=O) groups excluding carboxylic acids is 1. The summed E-state index contributed by atoms with van der Waals surface area (Å²) in [5.41, 5.74) is 0.627. The predicted octanol–water partition coefficient (Wildman–Crippen LogP) is 4.73. The molecule has 3 nitrogen and oxygen atoms in total. The first kappa shape index (κ1) is 17.7. The molecule has 0 heterocycles. The maximum absolute atomic E-state index is 11.5. The zero-order chi connectivity index (χ0) is 16.5. The number of para-hydroxylation sites is 1. The molecule has 122 valence electrons. The first-order chi connectivity index (χ1) is 11.2. The topological polar surface area (TPSA) is 35.5 Å². The minimum Gasteiger partial charge on any atom is -0.493 e. The van der Waals surface area contributed by atoms with Crippen LogP contribution in [0.3, 0.4) is 0 Å². The van der Waals surface area contributed by atoms with Crippen LogP contribution in [0.5, 0.6) is 11.5 Å². The number of ether oxygens (including phenoxy) is 2. The van der Waals surface area contributed by atoms with E-state index in [1.54, 1.807) is 30.8 Å². The molecule has 0 N–H and O–H groups in total.